The smallest absolute Gasteiger partial charge is 0.228 e. The minimum absolute atomic E-state index is 0.784. The maximum absolute atomic E-state index is 5.42. The van der Waals surface area contributed by atoms with E-state index in [0.29, 0.717) is 0 Å². The van der Waals surface area contributed by atoms with Gasteiger partial charge in [-0.2, -0.15) is 4.98 Å². The summed E-state index contributed by atoms with van der Waals surface area (Å²) in [5, 5.41) is 0. The molecule has 0 saturated carbocycles. The Bertz CT molecular complexity index is 441. The van der Waals surface area contributed by atoms with Gasteiger partial charge in [0, 0.05) is 31.7 Å². The van der Waals surface area contributed by atoms with Gasteiger partial charge in [0.25, 0.3) is 0 Å². The Morgan fingerprint density at radius 3 is 2.56 bits per heavy atom. The van der Waals surface area contributed by atoms with Crippen molar-refractivity contribution in [3.05, 3.63) is 11.3 Å². The number of fused-ring (bicyclic) bond motifs is 1. The Balaban J connectivity index is 1.88. The fourth-order valence-electron chi connectivity index (χ4n) is 2.70. The Kier molecular flexibility index (Phi) is 3.07. The molecule has 0 bridgehead atoms. The number of hydrogen-bond acceptors (Lipinski definition) is 5. The van der Waals surface area contributed by atoms with Crippen molar-refractivity contribution in [2.75, 3.05) is 45.2 Å². The predicted octanol–water partition coefficient (Wildman–Crippen LogP) is 0.726. The van der Waals surface area contributed by atoms with E-state index in [1.54, 1.807) is 7.11 Å². The van der Waals surface area contributed by atoms with Gasteiger partial charge in [0.1, 0.15) is 0 Å². The second-order valence-electron chi connectivity index (χ2n) is 5.10. The normalized spacial score (nSPS) is 20.0. The van der Waals surface area contributed by atoms with E-state index < -0.39 is 0 Å². The Morgan fingerprint density at radius 2 is 1.83 bits per heavy atom. The third-order valence-corrected chi connectivity index (χ3v) is 3.86. The average molecular weight is 248 g/mol. The number of methoxy groups -OCH3 is 1. The zero-order chi connectivity index (χ0) is 12.5. The van der Waals surface area contributed by atoms with Crippen LogP contribution in [-0.4, -0.2) is 55.2 Å². The van der Waals surface area contributed by atoms with Crippen LogP contribution in [0.4, 0.5) is 5.95 Å². The Hall–Kier alpha value is -1.36. The van der Waals surface area contributed by atoms with Crippen LogP contribution in [0.2, 0.25) is 0 Å². The van der Waals surface area contributed by atoms with Gasteiger partial charge in [-0.1, -0.05) is 0 Å². The molecule has 0 N–H and O–H groups in total. The summed E-state index contributed by atoms with van der Waals surface area (Å²) in [6, 6.07) is 0. The van der Waals surface area contributed by atoms with Gasteiger partial charge in [-0.25, -0.2) is 4.98 Å². The van der Waals surface area contributed by atoms with Crippen LogP contribution in [0.25, 0.3) is 0 Å². The summed E-state index contributed by atoms with van der Waals surface area (Å²) in [7, 11) is 3.86. The number of aromatic nitrogens is 2. The molecule has 3 rings (SSSR count). The van der Waals surface area contributed by atoms with Crippen molar-refractivity contribution in [3.63, 3.8) is 0 Å². The molecular formula is C13H20N4O. The maximum atomic E-state index is 5.42. The minimum atomic E-state index is 0.784. The van der Waals surface area contributed by atoms with Crippen molar-refractivity contribution in [1.29, 1.82) is 0 Å². The van der Waals surface area contributed by atoms with Crippen LogP contribution in [-0.2, 0) is 12.8 Å². The summed E-state index contributed by atoms with van der Waals surface area (Å²) >= 11 is 0. The van der Waals surface area contributed by atoms with Gasteiger partial charge in [0.15, 0.2) is 0 Å². The van der Waals surface area contributed by atoms with E-state index in [1.807, 2.05) is 0 Å². The molecule has 18 heavy (non-hydrogen) atoms. The Morgan fingerprint density at radius 1 is 1.06 bits per heavy atom. The number of ether oxygens (including phenoxy) is 1. The largest absolute Gasteiger partial charge is 0.481 e. The number of nitrogens with zero attached hydrogens (tertiary/aromatic N) is 4. The van der Waals surface area contributed by atoms with Crippen LogP contribution in [0.5, 0.6) is 5.88 Å². The van der Waals surface area contributed by atoms with Crippen molar-refractivity contribution < 1.29 is 4.74 Å². The molecule has 0 spiro atoms. The molecule has 0 amide bonds. The van der Waals surface area contributed by atoms with E-state index in [1.165, 1.54) is 17.7 Å². The van der Waals surface area contributed by atoms with Crippen molar-refractivity contribution >= 4 is 5.95 Å². The molecule has 0 aromatic carbocycles. The fourth-order valence-corrected chi connectivity index (χ4v) is 2.70. The highest BCUT2D eigenvalue weighted by Gasteiger charge is 2.23. The Labute approximate surface area is 108 Å². The molecule has 0 atom stereocenters. The maximum Gasteiger partial charge on any atom is 0.228 e. The SMILES string of the molecule is COc1nc(N2CCN(C)CC2)nc2c1CCC2. The average Bonchev–Trinajstić information content (AvgIpc) is 2.86. The van der Waals surface area contributed by atoms with Crippen molar-refractivity contribution in [3.8, 4) is 5.88 Å². The standard InChI is InChI=1S/C13H20N4O/c1-16-6-8-17(9-7-16)13-14-11-5-3-4-10(11)12(15-13)18-2/h3-9H2,1-2H3. The fraction of sp³-hybridized carbons (Fsp3) is 0.692. The van der Waals surface area contributed by atoms with Crippen LogP contribution in [0.3, 0.4) is 0 Å². The zero-order valence-electron chi connectivity index (χ0n) is 11.1. The van der Waals surface area contributed by atoms with Gasteiger partial charge in [0.05, 0.1) is 12.8 Å². The molecule has 1 aliphatic carbocycles. The minimum Gasteiger partial charge on any atom is -0.481 e. The molecular weight excluding hydrogens is 228 g/mol. The van der Waals surface area contributed by atoms with Crippen LogP contribution in [0, 0.1) is 0 Å². The number of hydrogen-bond donors (Lipinski definition) is 0. The lowest BCUT2D eigenvalue weighted by Gasteiger charge is -2.32. The highest BCUT2D eigenvalue weighted by atomic mass is 16.5. The van der Waals surface area contributed by atoms with Gasteiger partial charge in [-0.15, -0.1) is 0 Å². The molecule has 0 radical (unpaired) electrons. The molecule has 1 saturated heterocycles. The summed E-state index contributed by atoms with van der Waals surface area (Å²) in [6.07, 6.45) is 3.29. The third-order valence-electron chi connectivity index (χ3n) is 3.86. The van der Waals surface area contributed by atoms with Gasteiger partial charge < -0.3 is 14.5 Å². The van der Waals surface area contributed by atoms with Crippen LogP contribution in [0.1, 0.15) is 17.7 Å². The highest BCUT2D eigenvalue weighted by Crippen LogP contribution is 2.29. The first kappa shape index (κ1) is 11.7. The zero-order valence-corrected chi connectivity index (χ0v) is 11.1. The number of likely N-dealkylation sites (N-methyl/N-ethyl adjacent to an activating group) is 1. The highest BCUT2D eigenvalue weighted by molar-refractivity contribution is 5.42. The first-order valence-electron chi connectivity index (χ1n) is 6.65. The summed E-state index contributed by atoms with van der Waals surface area (Å²) in [4.78, 5) is 13.9. The van der Waals surface area contributed by atoms with Crippen molar-refractivity contribution in [2.24, 2.45) is 0 Å². The molecule has 98 valence electrons. The first-order valence-corrected chi connectivity index (χ1v) is 6.65. The van der Waals surface area contributed by atoms with E-state index >= 15 is 0 Å². The number of rotatable bonds is 2. The molecule has 1 aromatic heterocycles. The van der Waals surface area contributed by atoms with E-state index in [2.05, 4.69) is 21.8 Å². The van der Waals surface area contributed by atoms with Crippen LogP contribution >= 0.6 is 0 Å². The monoisotopic (exact) mass is 248 g/mol. The molecule has 1 aliphatic heterocycles. The van der Waals surface area contributed by atoms with E-state index in [4.69, 9.17) is 9.72 Å². The molecule has 5 heteroatoms. The van der Waals surface area contributed by atoms with Gasteiger partial charge >= 0.3 is 0 Å². The quantitative estimate of drug-likeness (QED) is 0.771. The lowest BCUT2D eigenvalue weighted by Crippen LogP contribution is -2.45. The summed E-state index contributed by atoms with van der Waals surface area (Å²) in [5.41, 5.74) is 2.41. The second-order valence-corrected chi connectivity index (χ2v) is 5.10. The molecule has 1 fully saturated rings. The van der Waals surface area contributed by atoms with E-state index in [9.17, 15) is 0 Å². The molecule has 1 aromatic rings. The third kappa shape index (κ3) is 2.03. The van der Waals surface area contributed by atoms with Gasteiger partial charge in [0.2, 0.25) is 11.8 Å². The molecule has 2 heterocycles. The lowest BCUT2D eigenvalue weighted by molar-refractivity contribution is 0.310. The summed E-state index contributed by atoms with van der Waals surface area (Å²) in [5.74, 6) is 1.63. The lowest BCUT2D eigenvalue weighted by atomic mass is 10.2. The van der Waals surface area contributed by atoms with Gasteiger partial charge in [-0.3, -0.25) is 0 Å². The van der Waals surface area contributed by atoms with Crippen molar-refractivity contribution in [1.82, 2.24) is 14.9 Å². The molecule has 0 unspecified atom stereocenters. The number of piperazine rings is 1. The van der Waals surface area contributed by atoms with Crippen molar-refractivity contribution in [2.45, 2.75) is 19.3 Å². The molecule has 5 nitrogen and oxygen atoms in total. The number of anilines is 1. The van der Waals surface area contributed by atoms with E-state index in [-0.39, 0.29) is 0 Å². The predicted molar refractivity (Wildman–Crippen MR) is 70.3 cm³/mol. The van der Waals surface area contributed by atoms with E-state index in [0.717, 1.165) is 50.8 Å². The first-order chi connectivity index (χ1) is 8.78. The summed E-state index contributed by atoms with van der Waals surface area (Å²) < 4.78 is 5.42. The number of aryl methyl sites for hydroxylation is 1. The van der Waals surface area contributed by atoms with Crippen LogP contribution < -0.4 is 9.64 Å². The van der Waals surface area contributed by atoms with Gasteiger partial charge in [-0.05, 0) is 26.3 Å². The summed E-state index contributed by atoms with van der Waals surface area (Å²) in [6.45, 7) is 4.14. The van der Waals surface area contributed by atoms with Crippen LogP contribution in [0.15, 0.2) is 0 Å². The molecule has 2 aliphatic rings. The topological polar surface area (TPSA) is 41.5 Å². The second kappa shape index (κ2) is 4.72.